The molecule has 0 atom stereocenters. The van der Waals surface area contributed by atoms with E-state index in [4.69, 9.17) is 4.42 Å². The van der Waals surface area contributed by atoms with Crippen molar-refractivity contribution < 1.29 is 13.6 Å². The van der Waals surface area contributed by atoms with E-state index in [2.05, 4.69) is 11.8 Å². The van der Waals surface area contributed by atoms with Crippen LogP contribution in [0.15, 0.2) is 40.8 Å². The Balaban J connectivity index is 1.54. The molecule has 5 heteroatoms. The van der Waals surface area contributed by atoms with E-state index in [1.165, 1.54) is 6.07 Å². The van der Waals surface area contributed by atoms with Crippen molar-refractivity contribution in [3.63, 3.8) is 0 Å². The minimum absolute atomic E-state index is 0.162. The van der Waals surface area contributed by atoms with Crippen molar-refractivity contribution in [1.82, 2.24) is 9.80 Å². The predicted octanol–water partition coefficient (Wildman–Crippen LogP) is 3.18. The third kappa shape index (κ3) is 3.85. The molecule has 0 bridgehead atoms. The molecule has 1 aliphatic rings. The Labute approximate surface area is 141 Å². The van der Waals surface area contributed by atoms with E-state index in [1.807, 2.05) is 11.0 Å². The van der Waals surface area contributed by atoms with Crippen molar-refractivity contribution in [1.29, 1.82) is 0 Å². The van der Waals surface area contributed by atoms with Gasteiger partial charge in [0, 0.05) is 39.0 Å². The summed E-state index contributed by atoms with van der Waals surface area (Å²) in [7, 11) is 0. The number of aryl methyl sites for hydroxylation is 1. The fraction of sp³-hybridized carbons (Fsp3) is 0.421. The van der Waals surface area contributed by atoms with Gasteiger partial charge in [-0.05, 0) is 30.8 Å². The van der Waals surface area contributed by atoms with Crippen LogP contribution < -0.4 is 0 Å². The Bertz CT molecular complexity index is 690. The second kappa shape index (κ2) is 7.62. The normalized spacial score (nSPS) is 15.7. The molecular weight excluding hydrogens is 307 g/mol. The van der Waals surface area contributed by atoms with E-state index in [1.54, 1.807) is 24.3 Å². The van der Waals surface area contributed by atoms with Crippen molar-refractivity contribution in [3.05, 3.63) is 48.0 Å². The molecular formula is C19H23FN2O2. The van der Waals surface area contributed by atoms with Gasteiger partial charge in [-0.1, -0.05) is 19.1 Å². The van der Waals surface area contributed by atoms with E-state index in [-0.39, 0.29) is 11.7 Å². The van der Waals surface area contributed by atoms with Crippen molar-refractivity contribution in [3.8, 4) is 11.3 Å². The molecule has 1 aliphatic heterocycles. The van der Waals surface area contributed by atoms with Crippen LogP contribution in [-0.4, -0.2) is 48.4 Å². The largest absolute Gasteiger partial charge is 0.461 e. The van der Waals surface area contributed by atoms with Gasteiger partial charge in [0.1, 0.15) is 17.3 Å². The number of rotatable bonds is 5. The van der Waals surface area contributed by atoms with Crippen molar-refractivity contribution in [2.45, 2.75) is 19.8 Å². The number of furan rings is 1. The summed E-state index contributed by atoms with van der Waals surface area (Å²) in [6, 6.07) is 10.1. The van der Waals surface area contributed by atoms with Crippen LogP contribution in [0.4, 0.5) is 4.39 Å². The van der Waals surface area contributed by atoms with Crippen LogP contribution in [0.5, 0.6) is 0 Å². The van der Waals surface area contributed by atoms with Crippen LogP contribution in [0.2, 0.25) is 0 Å². The molecule has 0 N–H and O–H groups in total. The van der Waals surface area contributed by atoms with Crippen LogP contribution in [0.3, 0.4) is 0 Å². The summed E-state index contributed by atoms with van der Waals surface area (Å²) in [5, 5.41) is 0. The van der Waals surface area contributed by atoms with E-state index >= 15 is 0 Å². The van der Waals surface area contributed by atoms with Crippen molar-refractivity contribution >= 4 is 5.91 Å². The molecule has 2 heterocycles. The topological polar surface area (TPSA) is 36.7 Å². The maximum atomic E-state index is 13.8. The van der Waals surface area contributed by atoms with Gasteiger partial charge in [0.15, 0.2) is 0 Å². The fourth-order valence-corrected chi connectivity index (χ4v) is 3.02. The summed E-state index contributed by atoms with van der Waals surface area (Å²) < 4.78 is 19.5. The fourth-order valence-electron chi connectivity index (χ4n) is 3.02. The molecule has 1 fully saturated rings. The highest BCUT2D eigenvalue weighted by Crippen LogP contribution is 2.25. The van der Waals surface area contributed by atoms with E-state index in [0.717, 1.165) is 32.7 Å². The molecule has 24 heavy (non-hydrogen) atoms. The molecule has 128 valence electrons. The van der Waals surface area contributed by atoms with E-state index in [9.17, 15) is 9.18 Å². The molecule has 4 nitrogen and oxygen atoms in total. The molecule has 3 rings (SSSR count). The highest BCUT2D eigenvalue weighted by atomic mass is 19.1. The lowest BCUT2D eigenvalue weighted by Gasteiger charge is -2.34. The molecule has 0 aliphatic carbocycles. The number of hydrogen-bond acceptors (Lipinski definition) is 3. The number of piperazine rings is 1. The second-order valence-corrected chi connectivity index (χ2v) is 6.06. The Morgan fingerprint density at radius 1 is 1.12 bits per heavy atom. The monoisotopic (exact) mass is 330 g/mol. The zero-order valence-electron chi connectivity index (χ0n) is 14.0. The first-order valence-electron chi connectivity index (χ1n) is 8.51. The highest BCUT2D eigenvalue weighted by molar-refractivity contribution is 5.76. The third-order valence-corrected chi connectivity index (χ3v) is 4.56. The van der Waals surface area contributed by atoms with E-state index < -0.39 is 0 Å². The molecule has 1 aromatic heterocycles. The Hall–Kier alpha value is -2.14. The minimum atomic E-state index is -0.303. The van der Waals surface area contributed by atoms with Crippen molar-refractivity contribution in [2.24, 2.45) is 0 Å². The van der Waals surface area contributed by atoms with Crippen molar-refractivity contribution in [2.75, 3.05) is 32.7 Å². The van der Waals surface area contributed by atoms with Gasteiger partial charge in [0.25, 0.3) is 0 Å². The van der Waals surface area contributed by atoms with Crippen LogP contribution >= 0.6 is 0 Å². The third-order valence-electron chi connectivity index (χ3n) is 4.56. The standard InChI is InChI=1S/C19H23FN2O2/c1-2-21-11-13-22(14-12-21)19(23)10-8-15-7-9-18(24-15)16-5-3-4-6-17(16)20/h3-7,9H,2,8,10-14H2,1H3. The van der Waals surface area contributed by atoms with Gasteiger partial charge in [-0.15, -0.1) is 0 Å². The molecule has 0 unspecified atom stereocenters. The number of hydrogen-bond donors (Lipinski definition) is 0. The Kier molecular flexibility index (Phi) is 5.30. The number of halogens is 1. The zero-order valence-corrected chi connectivity index (χ0v) is 14.0. The highest BCUT2D eigenvalue weighted by Gasteiger charge is 2.20. The van der Waals surface area contributed by atoms with Gasteiger partial charge in [-0.25, -0.2) is 4.39 Å². The first-order chi connectivity index (χ1) is 11.7. The SMILES string of the molecule is CCN1CCN(C(=O)CCc2ccc(-c3ccccc3F)o2)CC1. The summed E-state index contributed by atoms with van der Waals surface area (Å²) in [5.74, 6) is 1.08. The summed E-state index contributed by atoms with van der Waals surface area (Å²) in [5.41, 5.74) is 0.450. The minimum Gasteiger partial charge on any atom is -0.461 e. The maximum Gasteiger partial charge on any atom is 0.223 e. The molecule has 0 radical (unpaired) electrons. The van der Waals surface area contributed by atoms with Gasteiger partial charge in [0.2, 0.25) is 5.91 Å². The second-order valence-electron chi connectivity index (χ2n) is 6.06. The van der Waals surface area contributed by atoms with Crippen LogP contribution in [-0.2, 0) is 11.2 Å². The molecule has 1 saturated heterocycles. The smallest absolute Gasteiger partial charge is 0.223 e. The molecule has 0 saturated carbocycles. The summed E-state index contributed by atoms with van der Waals surface area (Å²) >= 11 is 0. The predicted molar refractivity (Wildman–Crippen MR) is 91.1 cm³/mol. The van der Waals surface area contributed by atoms with Gasteiger partial charge < -0.3 is 14.2 Å². The number of nitrogens with zero attached hydrogens (tertiary/aromatic N) is 2. The molecule has 1 aromatic carbocycles. The lowest BCUT2D eigenvalue weighted by atomic mass is 10.1. The molecule has 0 spiro atoms. The average molecular weight is 330 g/mol. The average Bonchev–Trinajstić information content (AvgIpc) is 3.09. The van der Waals surface area contributed by atoms with Crippen LogP contribution in [0.1, 0.15) is 19.1 Å². The molecule has 2 aromatic rings. The van der Waals surface area contributed by atoms with Crippen LogP contribution in [0, 0.1) is 5.82 Å². The lowest BCUT2D eigenvalue weighted by Crippen LogP contribution is -2.48. The Morgan fingerprint density at radius 2 is 1.88 bits per heavy atom. The van der Waals surface area contributed by atoms with Crippen LogP contribution in [0.25, 0.3) is 11.3 Å². The first-order valence-corrected chi connectivity index (χ1v) is 8.51. The first kappa shape index (κ1) is 16.7. The number of likely N-dealkylation sites (N-methyl/N-ethyl adjacent to an activating group) is 1. The number of benzene rings is 1. The quantitative estimate of drug-likeness (QED) is 0.845. The molecule has 1 amide bonds. The maximum absolute atomic E-state index is 13.8. The lowest BCUT2D eigenvalue weighted by molar-refractivity contribution is -0.132. The summed E-state index contributed by atoms with van der Waals surface area (Å²) in [4.78, 5) is 16.6. The summed E-state index contributed by atoms with van der Waals surface area (Å²) in [6.45, 7) is 6.66. The van der Waals surface area contributed by atoms with Gasteiger partial charge >= 0.3 is 0 Å². The van der Waals surface area contributed by atoms with Gasteiger partial charge in [-0.2, -0.15) is 0 Å². The summed E-state index contributed by atoms with van der Waals surface area (Å²) in [6.07, 6.45) is 0.970. The van der Waals surface area contributed by atoms with Gasteiger partial charge in [-0.3, -0.25) is 4.79 Å². The Morgan fingerprint density at radius 3 is 2.58 bits per heavy atom. The zero-order chi connectivity index (χ0) is 16.9. The number of amides is 1. The number of carbonyl (C=O) groups is 1. The number of carbonyl (C=O) groups excluding carboxylic acids is 1. The van der Waals surface area contributed by atoms with E-state index in [0.29, 0.717) is 29.9 Å². The van der Waals surface area contributed by atoms with Gasteiger partial charge in [0.05, 0.1) is 5.56 Å².